The van der Waals surface area contributed by atoms with Crippen LogP contribution < -0.4 is 63.9 Å². The van der Waals surface area contributed by atoms with E-state index in [0.29, 0.717) is 36.8 Å². The molecule has 2 aromatic carbocycles. The first kappa shape index (κ1) is 47.1. The summed E-state index contributed by atoms with van der Waals surface area (Å²) >= 11 is 0. The molecule has 0 aromatic heterocycles. The van der Waals surface area contributed by atoms with Gasteiger partial charge in [0.2, 0.25) is 0 Å². The molecule has 0 aliphatic carbocycles. The first-order valence-electron chi connectivity index (χ1n) is 17.4. The van der Waals surface area contributed by atoms with E-state index in [1.54, 1.807) is 12.1 Å². The fraction of sp³-hybridized carbons (Fsp3) is 0.667. The molecule has 0 atom stereocenters. The molecule has 2 rings (SSSR count). The van der Waals surface area contributed by atoms with Crippen LogP contribution in [-0.4, -0.2) is 25.9 Å². The van der Waals surface area contributed by atoms with E-state index in [9.17, 15) is 25.9 Å². The Morgan fingerprint density at radius 3 is 1.02 bits per heavy atom. The molecule has 0 aliphatic heterocycles. The zero-order chi connectivity index (χ0) is 33.0. The van der Waals surface area contributed by atoms with Crippen LogP contribution in [0.1, 0.15) is 153 Å². The van der Waals surface area contributed by atoms with Crippen molar-refractivity contribution < 1.29 is 89.8 Å². The molecule has 0 saturated heterocycles. The monoisotopic (exact) mass is 710 g/mol. The number of hydrogen-bond acceptors (Lipinski definition) is 7. The zero-order valence-electron chi connectivity index (χ0n) is 29.7. The predicted molar refractivity (Wildman–Crippen MR) is 180 cm³/mol. The van der Waals surface area contributed by atoms with Gasteiger partial charge in [0.25, 0.3) is 0 Å². The first-order chi connectivity index (χ1) is 21.6. The second-order valence-corrected chi connectivity index (χ2v) is 15.0. The summed E-state index contributed by atoms with van der Waals surface area (Å²) in [5.74, 6) is 0.403. The minimum Gasteiger partial charge on any atom is -0.744 e. The topological polar surface area (TPSA) is 124 Å². The minimum absolute atomic E-state index is 0. The molecule has 7 nitrogen and oxygen atoms in total. The molecule has 0 amide bonds. The van der Waals surface area contributed by atoms with Gasteiger partial charge in [-0.1, -0.05) is 142 Å². The third-order valence-electron chi connectivity index (χ3n) is 8.50. The van der Waals surface area contributed by atoms with Crippen LogP contribution in [0.3, 0.4) is 0 Å². The summed E-state index contributed by atoms with van der Waals surface area (Å²) in [7, 11) is -9.52. The average Bonchev–Trinajstić information content (AvgIpc) is 2.99. The van der Waals surface area contributed by atoms with Gasteiger partial charge < -0.3 is 13.8 Å². The Labute approximate surface area is 330 Å². The van der Waals surface area contributed by atoms with Crippen LogP contribution in [0, 0.1) is 0 Å². The number of hydrogen-bond donors (Lipinski definition) is 0. The van der Waals surface area contributed by atoms with Crippen molar-refractivity contribution in [2.45, 2.75) is 165 Å². The summed E-state index contributed by atoms with van der Waals surface area (Å²) in [5, 5.41) is 0. The molecule has 0 fully saturated rings. The van der Waals surface area contributed by atoms with Crippen molar-refractivity contribution in [1.82, 2.24) is 0 Å². The summed E-state index contributed by atoms with van der Waals surface area (Å²) < 4.78 is 79.2. The van der Waals surface area contributed by atoms with Crippen LogP contribution in [0.25, 0.3) is 0 Å². The van der Waals surface area contributed by atoms with Crippen molar-refractivity contribution in [2.75, 3.05) is 0 Å². The van der Waals surface area contributed by atoms with E-state index < -0.39 is 20.2 Å². The maximum absolute atomic E-state index is 12.2. The summed E-state index contributed by atoms with van der Waals surface area (Å²) in [6, 6.07) is 8.71. The first-order valence-corrected chi connectivity index (χ1v) is 20.2. The molecule has 0 spiro atoms. The number of ether oxygens (including phenoxy) is 1. The third kappa shape index (κ3) is 19.3. The Morgan fingerprint density at radius 1 is 0.468 bits per heavy atom. The molecule has 0 bridgehead atoms. The van der Waals surface area contributed by atoms with Gasteiger partial charge >= 0.3 is 59.1 Å². The van der Waals surface area contributed by atoms with Crippen LogP contribution in [-0.2, 0) is 33.1 Å². The van der Waals surface area contributed by atoms with Gasteiger partial charge in [-0.05, 0) is 49.9 Å². The van der Waals surface area contributed by atoms with Crippen molar-refractivity contribution in [2.24, 2.45) is 0 Å². The van der Waals surface area contributed by atoms with Gasteiger partial charge in [0.05, 0.1) is 9.79 Å². The Bertz CT molecular complexity index is 1230. The quantitative estimate of drug-likeness (QED) is 0.0814. The summed E-state index contributed by atoms with van der Waals surface area (Å²) in [6.45, 7) is 4.41. The molecule has 0 unspecified atom stereocenters. The van der Waals surface area contributed by atoms with E-state index in [1.165, 1.54) is 101 Å². The van der Waals surface area contributed by atoms with E-state index in [0.717, 1.165) is 38.5 Å². The van der Waals surface area contributed by atoms with E-state index in [2.05, 4.69) is 13.8 Å². The number of benzene rings is 2. The largest absolute Gasteiger partial charge is 1.00 e. The molecule has 11 heteroatoms. The Kier molecular flexibility index (Phi) is 26.8. The smallest absolute Gasteiger partial charge is 0.744 e. The van der Waals surface area contributed by atoms with Gasteiger partial charge in [0.15, 0.2) is 0 Å². The molecule has 0 N–H and O–H groups in total. The minimum atomic E-state index is -4.76. The van der Waals surface area contributed by atoms with Crippen molar-refractivity contribution in [1.29, 1.82) is 0 Å². The molecule has 0 saturated carbocycles. The molecule has 0 aliphatic rings. The molecule has 256 valence electrons. The summed E-state index contributed by atoms with van der Waals surface area (Å²) in [4.78, 5) is -0.639. The van der Waals surface area contributed by atoms with Crippen LogP contribution in [0.15, 0.2) is 46.2 Å². The van der Waals surface area contributed by atoms with Crippen molar-refractivity contribution in [3.63, 3.8) is 0 Å². The summed E-state index contributed by atoms with van der Waals surface area (Å²) in [6.07, 6.45) is 23.1. The van der Waals surface area contributed by atoms with E-state index in [-0.39, 0.29) is 80.4 Å². The maximum atomic E-state index is 12.2. The molecule has 0 radical (unpaired) electrons. The van der Waals surface area contributed by atoms with Gasteiger partial charge in [-0.3, -0.25) is 0 Å². The van der Waals surface area contributed by atoms with Gasteiger partial charge in [-0.2, -0.15) is 0 Å². The standard InChI is InChI=1S/C36H58O7S2.2Na/c1-3-5-7-9-11-13-15-17-19-21-25-31-33(27-23-29-35(31)44(37,38)39)43-34-28-24-30-36(45(40,41)42)32(34)26-22-20-18-16-14-12-10-8-6-4-2;;/h23-24,27-30H,3-22,25-26H2,1-2H3,(H,37,38,39)(H,40,41,42);;/q;2*+1/p-2. The average molecular weight is 711 g/mol. The number of rotatable bonds is 26. The Balaban J connectivity index is 0.0000106. The van der Waals surface area contributed by atoms with Crippen molar-refractivity contribution >= 4 is 20.2 Å². The molecular formula is C36H56Na2O7S2. The third-order valence-corrected chi connectivity index (χ3v) is 10.3. The van der Waals surface area contributed by atoms with E-state index >= 15 is 0 Å². The Hall–Kier alpha value is 0.0600. The van der Waals surface area contributed by atoms with Crippen LogP contribution in [0.5, 0.6) is 11.5 Å². The van der Waals surface area contributed by atoms with Crippen molar-refractivity contribution in [3.05, 3.63) is 47.5 Å². The van der Waals surface area contributed by atoms with Crippen LogP contribution in [0.4, 0.5) is 0 Å². The SMILES string of the molecule is CCCCCCCCCCCCc1c(Oc2cccc(S(=O)(=O)[O-])c2CCCCCCCCCCCC)cccc1S(=O)(=O)[O-].[Na+].[Na+]. The molecule has 47 heavy (non-hydrogen) atoms. The second kappa shape index (κ2) is 26.8. The normalized spacial score (nSPS) is 11.6. The van der Waals surface area contributed by atoms with Crippen LogP contribution in [0.2, 0.25) is 0 Å². The Morgan fingerprint density at radius 2 is 0.745 bits per heavy atom. The number of unbranched alkanes of at least 4 members (excludes halogenated alkanes) is 18. The maximum Gasteiger partial charge on any atom is 1.00 e. The van der Waals surface area contributed by atoms with Crippen molar-refractivity contribution in [3.8, 4) is 11.5 Å². The second-order valence-electron chi connectivity index (χ2n) is 12.3. The van der Waals surface area contributed by atoms with Crippen LogP contribution >= 0.6 is 0 Å². The van der Waals surface area contributed by atoms with Gasteiger partial charge in [0.1, 0.15) is 31.7 Å². The van der Waals surface area contributed by atoms with Gasteiger partial charge in [-0.15, -0.1) is 0 Å². The predicted octanol–water partition coefficient (Wildman–Crippen LogP) is 4.22. The summed E-state index contributed by atoms with van der Waals surface area (Å²) in [5.41, 5.74) is 0.597. The zero-order valence-corrected chi connectivity index (χ0v) is 35.3. The molecule has 2 aromatic rings. The fourth-order valence-corrected chi connectivity index (χ4v) is 7.44. The van der Waals surface area contributed by atoms with Gasteiger partial charge in [0, 0.05) is 11.1 Å². The molecule has 0 heterocycles. The van der Waals surface area contributed by atoms with Gasteiger partial charge in [-0.25, -0.2) is 16.8 Å². The van der Waals surface area contributed by atoms with E-state index in [1.807, 2.05) is 0 Å². The fourth-order valence-electron chi connectivity index (χ4n) is 5.94. The molecular weight excluding hydrogens is 655 g/mol. The van der Waals surface area contributed by atoms with E-state index in [4.69, 9.17) is 4.74 Å².